The van der Waals surface area contributed by atoms with Crippen LogP contribution in [-0.2, 0) is 6.54 Å². The molecule has 18 heavy (non-hydrogen) atoms. The molecule has 2 heterocycles. The number of nitrogens with one attached hydrogen (secondary N) is 1. The molecular weight excluding hydrogens is 294 g/mol. The molecule has 0 bridgehead atoms. The lowest BCUT2D eigenvalue weighted by atomic mass is 10.3. The molecule has 0 aliphatic carbocycles. The molecule has 0 aromatic carbocycles. The molecule has 0 aliphatic heterocycles. The van der Waals surface area contributed by atoms with Crippen molar-refractivity contribution < 1.29 is 4.79 Å². The smallest absolute Gasteiger partial charge is 0.273 e. The Morgan fingerprint density at radius 3 is 2.94 bits per heavy atom. The van der Waals surface area contributed by atoms with Crippen LogP contribution in [-0.4, -0.2) is 15.5 Å². The molecule has 94 valence electrons. The summed E-state index contributed by atoms with van der Waals surface area (Å²) in [5.74, 6) is 0.401. The second-order valence-corrected chi connectivity index (χ2v) is 4.70. The SMILES string of the molecule is CCCn1cccc1C(=O)Nc1cccc(Br)n1. The van der Waals surface area contributed by atoms with Gasteiger partial charge in [0.25, 0.3) is 5.91 Å². The molecule has 0 atom stereocenters. The van der Waals surface area contributed by atoms with Gasteiger partial charge in [0.1, 0.15) is 16.1 Å². The van der Waals surface area contributed by atoms with Gasteiger partial charge in [-0.3, -0.25) is 4.79 Å². The third-order valence-electron chi connectivity index (χ3n) is 2.48. The average Bonchev–Trinajstić information content (AvgIpc) is 2.78. The quantitative estimate of drug-likeness (QED) is 0.881. The zero-order valence-electron chi connectivity index (χ0n) is 10.1. The van der Waals surface area contributed by atoms with Gasteiger partial charge in [-0.2, -0.15) is 0 Å². The zero-order valence-corrected chi connectivity index (χ0v) is 11.6. The van der Waals surface area contributed by atoms with Crippen LogP contribution < -0.4 is 5.32 Å². The molecular formula is C13H14BrN3O. The van der Waals surface area contributed by atoms with Crippen LogP contribution in [0.25, 0.3) is 0 Å². The van der Waals surface area contributed by atoms with Crippen molar-refractivity contribution in [1.29, 1.82) is 0 Å². The molecule has 4 nitrogen and oxygen atoms in total. The van der Waals surface area contributed by atoms with Gasteiger partial charge < -0.3 is 9.88 Å². The van der Waals surface area contributed by atoms with Crippen molar-refractivity contribution in [2.75, 3.05) is 5.32 Å². The highest BCUT2D eigenvalue weighted by molar-refractivity contribution is 9.10. The van der Waals surface area contributed by atoms with Crippen molar-refractivity contribution in [2.24, 2.45) is 0 Å². The molecule has 0 unspecified atom stereocenters. The van der Waals surface area contributed by atoms with E-state index in [0.717, 1.165) is 13.0 Å². The maximum Gasteiger partial charge on any atom is 0.273 e. The van der Waals surface area contributed by atoms with Crippen molar-refractivity contribution in [3.8, 4) is 0 Å². The van der Waals surface area contributed by atoms with Crippen LogP contribution >= 0.6 is 15.9 Å². The first-order valence-corrected chi connectivity index (χ1v) is 6.59. The first-order chi connectivity index (χ1) is 8.70. The van der Waals surface area contributed by atoms with Gasteiger partial charge in [-0.15, -0.1) is 0 Å². The number of pyridine rings is 1. The van der Waals surface area contributed by atoms with E-state index in [-0.39, 0.29) is 5.91 Å². The molecule has 2 rings (SSSR count). The second-order valence-electron chi connectivity index (χ2n) is 3.89. The fourth-order valence-electron chi connectivity index (χ4n) is 1.71. The molecule has 0 saturated heterocycles. The van der Waals surface area contributed by atoms with E-state index in [0.29, 0.717) is 16.1 Å². The summed E-state index contributed by atoms with van der Waals surface area (Å²) in [5.41, 5.74) is 0.652. The van der Waals surface area contributed by atoms with Gasteiger partial charge in [0.2, 0.25) is 0 Å². The van der Waals surface area contributed by atoms with Crippen LogP contribution in [0.5, 0.6) is 0 Å². The zero-order chi connectivity index (χ0) is 13.0. The van der Waals surface area contributed by atoms with Crippen molar-refractivity contribution in [1.82, 2.24) is 9.55 Å². The topological polar surface area (TPSA) is 46.9 Å². The summed E-state index contributed by atoms with van der Waals surface area (Å²) in [5, 5.41) is 2.78. The monoisotopic (exact) mass is 307 g/mol. The number of rotatable bonds is 4. The van der Waals surface area contributed by atoms with Gasteiger partial charge in [0, 0.05) is 12.7 Å². The van der Waals surface area contributed by atoms with E-state index >= 15 is 0 Å². The Labute approximate surface area is 114 Å². The van der Waals surface area contributed by atoms with Gasteiger partial charge in [-0.25, -0.2) is 4.98 Å². The number of amides is 1. The predicted molar refractivity (Wildman–Crippen MR) is 74.6 cm³/mol. The van der Waals surface area contributed by atoms with E-state index in [4.69, 9.17) is 0 Å². The number of carbonyl (C=O) groups is 1. The maximum absolute atomic E-state index is 12.1. The average molecular weight is 308 g/mol. The summed E-state index contributed by atoms with van der Waals surface area (Å²) in [7, 11) is 0. The lowest BCUT2D eigenvalue weighted by Crippen LogP contribution is -2.17. The number of anilines is 1. The van der Waals surface area contributed by atoms with E-state index in [9.17, 15) is 4.79 Å². The molecule has 0 spiro atoms. The summed E-state index contributed by atoms with van der Waals surface area (Å²) in [6, 6.07) is 9.09. The lowest BCUT2D eigenvalue weighted by molar-refractivity contribution is 0.101. The third kappa shape index (κ3) is 2.98. The standard InChI is InChI=1S/C13H14BrN3O/c1-2-8-17-9-4-5-10(17)13(18)16-12-7-3-6-11(14)15-12/h3-7,9H,2,8H2,1H3,(H,15,16,18). The highest BCUT2D eigenvalue weighted by atomic mass is 79.9. The molecule has 2 aromatic heterocycles. The van der Waals surface area contributed by atoms with Crippen molar-refractivity contribution in [3.63, 3.8) is 0 Å². The molecule has 0 aliphatic rings. The van der Waals surface area contributed by atoms with Crippen LogP contribution in [0.15, 0.2) is 41.1 Å². The fourth-order valence-corrected chi connectivity index (χ4v) is 2.06. The van der Waals surface area contributed by atoms with E-state index in [1.165, 1.54) is 0 Å². The second kappa shape index (κ2) is 5.82. The van der Waals surface area contributed by atoms with Gasteiger partial charge in [-0.05, 0) is 46.6 Å². The van der Waals surface area contributed by atoms with E-state index in [1.54, 1.807) is 6.07 Å². The number of carbonyl (C=O) groups excluding carboxylic acids is 1. The number of hydrogen-bond donors (Lipinski definition) is 1. The summed E-state index contributed by atoms with van der Waals surface area (Å²) in [4.78, 5) is 16.3. The predicted octanol–water partition coefficient (Wildman–Crippen LogP) is 3.31. The Kier molecular flexibility index (Phi) is 4.15. The van der Waals surface area contributed by atoms with E-state index < -0.39 is 0 Å². The molecule has 0 saturated carbocycles. The highest BCUT2D eigenvalue weighted by Crippen LogP contribution is 2.12. The summed E-state index contributed by atoms with van der Waals surface area (Å²) < 4.78 is 2.64. The molecule has 0 radical (unpaired) electrons. The minimum Gasteiger partial charge on any atom is -0.344 e. The van der Waals surface area contributed by atoms with Crippen molar-refractivity contribution in [3.05, 3.63) is 46.8 Å². The van der Waals surface area contributed by atoms with Gasteiger partial charge in [0.15, 0.2) is 0 Å². The van der Waals surface area contributed by atoms with Gasteiger partial charge in [0.05, 0.1) is 0 Å². The Morgan fingerprint density at radius 2 is 2.22 bits per heavy atom. The van der Waals surface area contributed by atoms with Crippen molar-refractivity contribution >= 4 is 27.7 Å². The van der Waals surface area contributed by atoms with Crippen molar-refractivity contribution in [2.45, 2.75) is 19.9 Å². The normalized spacial score (nSPS) is 10.3. The van der Waals surface area contributed by atoms with E-state index in [2.05, 4.69) is 33.2 Å². The molecule has 5 heteroatoms. The number of nitrogens with zero attached hydrogens (tertiary/aromatic N) is 2. The molecule has 0 fully saturated rings. The van der Waals surface area contributed by atoms with Crippen LogP contribution in [0, 0.1) is 0 Å². The molecule has 1 N–H and O–H groups in total. The minimum absolute atomic E-state index is 0.140. The number of aryl methyl sites for hydroxylation is 1. The number of halogens is 1. The van der Waals surface area contributed by atoms with Gasteiger partial charge in [-0.1, -0.05) is 13.0 Å². The number of aromatic nitrogens is 2. The Hall–Kier alpha value is -1.62. The Balaban J connectivity index is 2.14. The molecule has 1 amide bonds. The minimum atomic E-state index is -0.140. The summed E-state index contributed by atoms with van der Waals surface area (Å²) in [6.45, 7) is 2.92. The molecule has 2 aromatic rings. The van der Waals surface area contributed by atoms with E-state index in [1.807, 2.05) is 35.0 Å². The Morgan fingerprint density at radius 1 is 1.39 bits per heavy atom. The Bertz CT molecular complexity index is 551. The first kappa shape index (κ1) is 12.8. The van der Waals surface area contributed by atoms with Crippen LogP contribution in [0.4, 0.5) is 5.82 Å². The lowest BCUT2D eigenvalue weighted by Gasteiger charge is -2.08. The largest absolute Gasteiger partial charge is 0.344 e. The maximum atomic E-state index is 12.1. The van der Waals surface area contributed by atoms with Gasteiger partial charge >= 0.3 is 0 Å². The highest BCUT2D eigenvalue weighted by Gasteiger charge is 2.11. The number of hydrogen-bond acceptors (Lipinski definition) is 2. The van der Waals surface area contributed by atoms with Crippen LogP contribution in [0.1, 0.15) is 23.8 Å². The summed E-state index contributed by atoms with van der Waals surface area (Å²) >= 11 is 3.27. The first-order valence-electron chi connectivity index (χ1n) is 5.79. The third-order valence-corrected chi connectivity index (χ3v) is 2.93. The van der Waals surface area contributed by atoms with Crippen LogP contribution in [0.3, 0.4) is 0 Å². The summed E-state index contributed by atoms with van der Waals surface area (Å²) in [6.07, 6.45) is 2.90. The fraction of sp³-hybridized carbons (Fsp3) is 0.231. The van der Waals surface area contributed by atoms with Crippen LogP contribution in [0.2, 0.25) is 0 Å².